The molecule has 1 aliphatic rings. The first-order chi connectivity index (χ1) is 8.96. The molecule has 1 aliphatic heterocycles. The lowest BCUT2D eigenvalue weighted by molar-refractivity contribution is -0.143. The molecule has 19 heavy (non-hydrogen) atoms. The van der Waals surface area contributed by atoms with Gasteiger partial charge in [0.05, 0.1) is 0 Å². The van der Waals surface area contributed by atoms with Crippen molar-refractivity contribution < 1.29 is 18.0 Å². The predicted octanol–water partition coefficient (Wildman–Crippen LogP) is 1.40. The maximum Gasteiger partial charge on any atom is 0.408 e. The standard InChI is InChI=1S/C11H15F3N4O/c12-11(13,14)7-18-9(15-8-16-18)4-6-17-5-2-1-3-10(17)19/h8H,1-7H2. The summed E-state index contributed by atoms with van der Waals surface area (Å²) in [4.78, 5) is 17.1. The van der Waals surface area contributed by atoms with Crippen LogP contribution in [0.25, 0.3) is 0 Å². The van der Waals surface area contributed by atoms with Gasteiger partial charge in [0.1, 0.15) is 18.7 Å². The van der Waals surface area contributed by atoms with Gasteiger partial charge >= 0.3 is 6.18 Å². The number of hydrogen-bond acceptors (Lipinski definition) is 3. The van der Waals surface area contributed by atoms with Gasteiger partial charge in [-0.15, -0.1) is 0 Å². The quantitative estimate of drug-likeness (QED) is 0.835. The molecule has 0 atom stereocenters. The van der Waals surface area contributed by atoms with E-state index in [1.165, 1.54) is 0 Å². The third kappa shape index (κ3) is 3.93. The summed E-state index contributed by atoms with van der Waals surface area (Å²) in [7, 11) is 0. The van der Waals surface area contributed by atoms with Gasteiger partial charge in [-0.3, -0.25) is 4.79 Å². The molecule has 0 aliphatic carbocycles. The first-order valence-corrected chi connectivity index (χ1v) is 6.17. The maximum absolute atomic E-state index is 12.3. The molecule has 1 saturated heterocycles. The molecule has 1 fully saturated rings. The molecule has 2 rings (SSSR count). The van der Waals surface area contributed by atoms with Gasteiger partial charge in [-0.1, -0.05) is 0 Å². The Morgan fingerprint density at radius 3 is 2.79 bits per heavy atom. The molecular formula is C11H15F3N4O. The summed E-state index contributed by atoms with van der Waals surface area (Å²) in [5, 5.41) is 3.57. The molecule has 0 saturated carbocycles. The summed E-state index contributed by atoms with van der Waals surface area (Å²) >= 11 is 0. The van der Waals surface area contributed by atoms with Gasteiger partial charge in [-0.05, 0) is 12.8 Å². The number of rotatable bonds is 4. The van der Waals surface area contributed by atoms with Crippen molar-refractivity contribution in [3.63, 3.8) is 0 Å². The molecule has 1 amide bonds. The Balaban J connectivity index is 1.92. The molecule has 0 bridgehead atoms. The number of piperidine rings is 1. The van der Waals surface area contributed by atoms with E-state index in [4.69, 9.17) is 0 Å². The van der Waals surface area contributed by atoms with Crippen molar-refractivity contribution in [2.45, 2.75) is 38.4 Å². The average molecular weight is 276 g/mol. The molecule has 0 spiro atoms. The van der Waals surface area contributed by atoms with Gasteiger partial charge in [-0.2, -0.15) is 18.3 Å². The lowest BCUT2D eigenvalue weighted by Gasteiger charge is -2.26. The molecule has 1 aromatic rings. The Morgan fingerprint density at radius 1 is 1.32 bits per heavy atom. The predicted molar refractivity (Wildman–Crippen MR) is 60.2 cm³/mol. The van der Waals surface area contributed by atoms with Gasteiger partial charge in [0.2, 0.25) is 5.91 Å². The fourth-order valence-corrected chi connectivity index (χ4v) is 2.12. The molecule has 1 aromatic heterocycles. The summed E-state index contributed by atoms with van der Waals surface area (Å²) in [6.45, 7) is -0.0715. The zero-order chi connectivity index (χ0) is 13.9. The van der Waals surface area contributed by atoms with Gasteiger partial charge in [0.25, 0.3) is 0 Å². The number of nitrogens with zero attached hydrogens (tertiary/aromatic N) is 4. The number of likely N-dealkylation sites (tertiary alicyclic amines) is 1. The van der Waals surface area contributed by atoms with Gasteiger partial charge < -0.3 is 4.90 Å². The fraction of sp³-hybridized carbons (Fsp3) is 0.727. The summed E-state index contributed by atoms with van der Waals surface area (Å²) in [5.41, 5.74) is 0. The van der Waals surface area contributed by atoms with Crippen molar-refractivity contribution in [1.82, 2.24) is 19.7 Å². The molecule has 0 aromatic carbocycles. The molecule has 5 nitrogen and oxygen atoms in total. The fourth-order valence-electron chi connectivity index (χ4n) is 2.12. The number of halogens is 3. The smallest absolute Gasteiger partial charge is 0.342 e. The third-order valence-electron chi connectivity index (χ3n) is 3.05. The SMILES string of the molecule is O=C1CCCCN1CCc1ncnn1CC(F)(F)F. The number of hydrogen-bond donors (Lipinski definition) is 0. The van der Waals surface area contributed by atoms with Crippen molar-refractivity contribution >= 4 is 5.91 Å². The lowest BCUT2D eigenvalue weighted by Crippen LogP contribution is -2.37. The van der Waals surface area contributed by atoms with E-state index < -0.39 is 12.7 Å². The van der Waals surface area contributed by atoms with Crippen molar-refractivity contribution in [2.24, 2.45) is 0 Å². The average Bonchev–Trinajstić information content (AvgIpc) is 2.73. The molecular weight excluding hydrogens is 261 g/mol. The summed E-state index contributed by atoms with van der Waals surface area (Å²) < 4.78 is 37.7. The first-order valence-electron chi connectivity index (χ1n) is 6.17. The molecule has 8 heteroatoms. The van der Waals surface area contributed by atoms with Crippen LogP contribution in [0.3, 0.4) is 0 Å². The second-order valence-corrected chi connectivity index (χ2v) is 4.54. The number of alkyl halides is 3. The second-order valence-electron chi connectivity index (χ2n) is 4.54. The number of amides is 1. The molecule has 0 radical (unpaired) electrons. The van der Waals surface area contributed by atoms with Crippen LogP contribution in [-0.2, 0) is 17.8 Å². The number of carbonyl (C=O) groups excluding carboxylic acids is 1. The van der Waals surface area contributed by atoms with E-state index in [0.717, 1.165) is 23.9 Å². The minimum atomic E-state index is -4.32. The highest BCUT2D eigenvalue weighted by Gasteiger charge is 2.29. The maximum atomic E-state index is 12.3. The highest BCUT2D eigenvalue weighted by Crippen LogP contribution is 2.18. The summed E-state index contributed by atoms with van der Waals surface area (Å²) in [5.74, 6) is 0.323. The van der Waals surface area contributed by atoms with E-state index >= 15 is 0 Å². The molecule has 0 unspecified atom stereocenters. The lowest BCUT2D eigenvalue weighted by atomic mass is 10.1. The third-order valence-corrected chi connectivity index (χ3v) is 3.05. The second kappa shape index (κ2) is 5.58. The zero-order valence-corrected chi connectivity index (χ0v) is 10.4. The largest absolute Gasteiger partial charge is 0.408 e. The van der Waals surface area contributed by atoms with Crippen LogP contribution in [-0.4, -0.2) is 44.8 Å². The summed E-state index contributed by atoms with van der Waals surface area (Å²) in [6, 6.07) is 0. The van der Waals surface area contributed by atoms with Gasteiger partial charge in [0, 0.05) is 25.9 Å². The highest BCUT2D eigenvalue weighted by molar-refractivity contribution is 5.76. The molecule has 0 N–H and O–H groups in total. The normalized spacial score (nSPS) is 17.0. The Morgan fingerprint density at radius 2 is 2.11 bits per heavy atom. The molecule has 2 heterocycles. The van der Waals surface area contributed by atoms with E-state index in [0.29, 0.717) is 25.9 Å². The Bertz CT molecular complexity index is 443. The Hall–Kier alpha value is -1.60. The van der Waals surface area contributed by atoms with Gasteiger partial charge in [-0.25, -0.2) is 9.67 Å². The van der Waals surface area contributed by atoms with Crippen molar-refractivity contribution in [2.75, 3.05) is 13.1 Å². The minimum Gasteiger partial charge on any atom is -0.342 e. The number of aromatic nitrogens is 3. The first kappa shape index (κ1) is 13.8. The van der Waals surface area contributed by atoms with Crippen LogP contribution >= 0.6 is 0 Å². The van der Waals surface area contributed by atoms with E-state index in [-0.39, 0.29) is 11.7 Å². The van der Waals surface area contributed by atoms with Crippen LogP contribution in [0.1, 0.15) is 25.1 Å². The minimum absolute atomic E-state index is 0.0631. The van der Waals surface area contributed by atoms with Crippen LogP contribution in [0.15, 0.2) is 6.33 Å². The molecule has 106 valence electrons. The van der Waals surface area contributed by atoms with E-state index in [2.05, 4.69) is 10.1 Å². The Kier molecular flexibility index (Phi) is 4.06. The van der Waals surface area contributed by atoms with Crippen LogP contribution in [0, 0.1) is 0 Å². The van der Waals surface area contributed by atoms with Crippen LogP contribution in [0.4, 0.5) is 13.2 Å². The van der Waals surface area contributed by atoms with Crippen LogP contribution < -0.4 is 0 Å². The topological polar surface area (TPSA) is 51.0 Å². The Labute approximate surface area is 108 Å². The number of carbonyl (C=O) groups is 1. The monoisotopic (exact) mass is 276 g/mol. The van der Waals surface area contributed by atoms with Crippen molar-refractivity contribution in [3.8, 4) is 0 Å². The summed E-state index contributed by atoms with van der Waals surface area (Å²) in [6.07, 6.45) is -0.555. The van der Waals surface area contributed by atoms with Gasteiger partial charge in [0.15, 0.2) is 0 Å². The van der Waals surface area contributed by atoms with E-state index in [1.807, 2.05) is 0 Å². The van der Waals surface area contributed by atoms with Crippen LogP contribution in [0.5, 0.6) is 0 Å². The van der Waals surface area contributed by atoms with Crippen molar-refractivity contribution in [3.05, 3.63) is 12.2 Å². The van der Waals surface area contributed by atoms with Crippen molar-refractivity contribution in [1.29, 1.82) is 0 Å². The highest BCUT2D eigenvalue weighted by atomic mass is 19.4. The van der Waals surface area contributed by atoms with Crippen LogP contribution in [0.2, 0.25) is 0 Å². The van der Waals surface area contributed by atoms with E-state index in [1.54, 1.807) is 4.90 Å². The zero-order valence-electron chi connectivity index (χ0n) is 10.4. The van der Waals surface area contributed by atoms with E-state index in [9.17, 15) is 18.0 Å².